The van der Waals surface area contributed by atoms with Crippen molar-refractivity contribution in [2.75, 3.05) is 6.54 Å². The second-order valence-corrected chi connectivity index (χ2v) is 8.13. The van der Waals surface area contributed by atoms with Crippen LogP contribution in [0.2, 0.25) is 0 Å². The Morgan fingerprint density at radius 3 is 2.74 bits per heavy atom. The van der Waals surface area contributed by atoms with Crippen molar-refractivity contribution in [3.8, 4) is 0 Å². The smallest absolute Gasteiger partial charge is 0.211 e. The van der Waals surface area contributed by atoms with Crippen molar-refractivity contribution in [2.24, 2.45) is 4.99 Å². The van der Waals surface area contributed by atoms with Crippen LogP contribution in [0.4, 0.5) is 0 Å². The van der Waals surface area contributed by atoms with Gasteiger partial charge in [-0.1, -0.05) is 0 Å². The molecule has 1 aliphatic rings. The zero-order valence-electron chi connectivity index (χ0n) is 10.9. The van der Waals surface area contributed by atoms with E-state index in [0.29, 0.717) is 23.6 Å². The molecule has 7 heteroatoms. The number of sulfonamides is 1. The molecule has 0 saturated carbocycles. The van der Waals surface area contributed by atoms with Crippen molar-refractivity contribution >= 4 is 27.4 Å². The fourth-order valence-electron chi connectivity index (χ4n) is 2.34. The van der Waals surface area contributed by atoms with Gasteiger partial charge in [0.25, 0.3) is 10.0 Å². The Balaban J connectivity index is 2.21. The highest BCUT2D eigenvalue weighted by molar-refractivity contribution is 7.91. The molecule has 2 unspecified atom stereocenters. The number of aliphatic imine (C=N–C) groups is 1. The molecule has 2 heterocycles. The van der Waals surface area contributed by atoms with Crippen LogP contribution in [-0.4, -0.2) is 37.4 Å². The second-order valence-electron chi connectivity index (χ2n) is 4.73. The van der Waals surface area contributed by atoms with E-state index in [0.717, 1.165) is 4.88 Å². The van der Waals surface area contributed by atoms with Crippen molar-refractivity contribution in [3.05, 3.63) is 17.0 Å². The number of aryl methyl sites for hydroxylation is 1. The molecule has 0 N–H and O–H groups in total. The number of isocyanates is 1. The number of thiophene rings is 1. The summed E-state index contributed by atoms with van der Waals surface area (Å²) in [7, 11) is -3.42. The Morgan fingerprint density at radius 2 is 2.21 bits per heavy atom. The summed E-state index contributed by atoms with van der Waals surface area (Å²) in [6, 6.07) is 3.20. The lowest BCUT2D eigenvalue weighted by Gasteiger charge is -2.34. The number of nitrogens with zero attached hydrogens (tertiary/aromatic N) is 2. The predicted octanol–water partition coefficient (Wildman–Crippen LogP) is 1.93. The van der Waals surface area contributed by atoms with E-state index in [1.54, 1.807) is 12.1 Å². The molecule has 1 saturated heterocycles. The van der Waals surface area contributed by atoms with Gasteiger partial charge in [0.1, 0.15) is 4.21 Å². The molecule has 0 radical (unpaired) electrons. The van der Waals surface area contributed by atoms with Crippen LogP contribution in [-0.2, 0) is 14.8 Å². The quantitative estimate of drug-likeness (QED) is 0.633. The van der Waals surface area contributed by atoms with Gasteiger partial charge in [0.15, 0.2) is 0 Å². The Bertz CT molecular complexity index is 602. The topological polar surface area (TPSA) is 66.8 Å². The lowest BCUT2D eigenvalue weighted by molar-refractivity contribution is 0.248. The van der Waals surface area contributed by atoms with Crippen LogP contribution < -0.4 is 0 Å². The Kier molecular flexibility index (Phi) is 4.20. The fourth-order valence-corrected chi connectivity index (χ4v) is 5.41. The monoisotopic (exact) mass is 300 g/mol. The minimum Gasteiger partial charge on any atom is -0.211 e. The molecule has 0 amide bonds. The molecule has 2 rings (SSSR count). The third-order valence-corrected chi connectivity index (χ3v) is 6.78. The number of piperidine rings is 1. The van der Waals surface area contributed by atoms with Gasteiger partial charge in [0.05, 0.1) is 6.04 Å². The summed E-state index contributed by atoms with van der Waals surface area (Å²) < 4.78 is 26.9. The number of carbonyl (C=O) groups excluding carboxylic acids is 1. The first-order chi connectivity index (χ1) is 8.95. The lowest BCUT2D eigenvalue weighted by Crippen LogP contribution is -2.45. The van der Waals surface area contributed by atoms with Gasteiger partial charge in [-0.05, 0) is 38.8 Å². The largest absolute Gasteiger partial charge is 0.252 e. The standard InChI is InChI=1S/C12H16N2O3S2/c1-9-7-11(13-8-15)5-6-14(9)19(16,17)12-4-3-10(2)18-12/h3-4,9,11H,5-7H2,1-2H3. The molecular formula is C12H16N2O3S2. The Morgan fingerprint density at radius 1 is 1.47 bits per heavy atom. The molecule has 5 nitrogen and oxygen atoms in total. The molecular weight excluding hydrogens is 284 g/mol. The lowest BCUT2D eigenvalue weighted by atomic mass is 10.0. The maximum atomic E-state index is 12.5. The number of hydrogen-bond acceptors (Lipinski definition) is 5. The van der Waals surface area contributed by atoms with Gasteiger partial charge in [-0.25, -0.2) is 18.2 Å². The van der Waals surface area contributed by atoms with E-state index < -0.39 is 10.0 Å². The van der Waals surface area contributed by atoms with Crippen LogP contribution in [0.15, 0.2) is 21.3 Å². The van der Waals surface area contributed by atoms with Gasteiger partial charge in [-0.3, -0.25) is 0 Å². The van der Waals surface area contributed by atoms with E-state index in [4.69, 9.17) is 0 Å². The summed E-state index contributed by atoms with van der Waals surface area (Å²) in [5.41, 5.74) is 0. The normalized spacial score (nSPS) is 24.9. The highest BCUT2D eigenvalue weighted by Crippen LogP contribution is 2.30. The maximum absolute atomic E-state index is 12.5. The van der Waals surface area contributed by atoms with Crippen molar-refractivity contribution in [3.63, 3.8) is 0 Å². The minimum atomic E-state index is -3.42. The third-order valence-electron chi connectivity index (χ3n) is 3.30. The van der Waals surface area contributed by atoms with Crippen molar-refractivity contribution < 1.29 is 13.2 Å². The SMILES string of the molecule is Cc1ccc(S(=O)(=O)N2CCC(N=C=O)CC2C)s1. The molecule has 2 atom stereocenters. The van der Waals surface area contributed by atoms with Gasteiger partial charge < -0.3 is 0 Å². The molecule has 0 bridgehead atoms. The summed E-state index contributed by atoms with van der Waals surface area (Å²) in [6.07, 6.45) is 2.70. The van der Waals surface area contributed by atoms with Gasteiger partial charge in [0, 0.05) is 17.5 Å². The average molecular weight is 300 g/mol. The molecule has 1 aliphatic heterocycles. The van der Waals surface area contributed by atoms with Crippen LogP contribution in [0.1, 0.15) is 24.6 Å². The van der Waals surface area contributed by atoms with Crippen LogP contribution in [0.3, 0.4) is 0 Å². The van der Waals surface area contributed by atoms with E-state index in [1.165, 1.54) is 15.6 Å². The molecule has 0 aliphatic carbocycles. The molecule has 104 valence electrons. The third kappa shape index (κ3) is 2.95. The molecule has 1 aromatic rings. The molecule has 0 aromatic carbocycles. The fraction of sp³-hybridized carbons (Fsp3) is 0.583. The summed E-state index contributed by atoms with van der Waals surface area (Å²) in [5, 5.41) is 0. The second kappa shape index (κ2) is 5.54. The first-order valence-electron chi connectivity index (χ1n) is 6.10. The zero-order chi connectivity index (χ0) is 14.0. The molecule has 19 heavy (non-hydrogen) atoms. The van der Waals surface area contributed by atoms with Crippen molar-refractivity contribution in [1.82, 2.24) is 4.31 Å². The molecule has 1 aromatic heterocycles. The highest BCUT2D eigenvalue weighted by Gasteiger charge is 2.35. The predicted molar refractivity (Wildman–Crippen MR) is 73.6 cm³/mol. The Hall–Kier alpha value is -1.01. The van der Waals surface area contributed by atoms with Gasteiger partial charge in [-0.2, -0.15) is 4.31 Å². The van der Waals surface area contributed by atoms with Gasteiger partial charge in [0.2, 0.25) is 6.08 Å². The summed E-state index contributed by atoms with van der Waals surface area (Å²) in [4.78, 5) is 14.9. The van der Waals surface area contributed by atoms with E-state index in [1.807, 2.05) is 19.9 Å². The van der Waals surface area contributed by atoms with Crippen LogP contribution in [0.5, 0.6) is 0 Å². The van der Waals surface area contributed by atoms with Crippen molar-refractivity contribution in [1.29, 1.82) is 0 Å². The van der Waals surface area contributed by atoms with E-state index in [9.17, 15) is 13.2 Å². The van der Waals surface area contributed by atoms with E-state index in [-0.39, 0.29) is 12.1 Å². The molecule has 1 fully saturated rings. The summed E-state index contributed by atoms with van der Waals surface area (Å²) in [5.74, 6) is 0. The van der Waals surface area contributed by atoms with Gasteiger partial charge >= 0.3 is 0 Å². The zero-order valence-corrected chi connectivity index (χ0v) is 12.5. The van der Waals surface area contributed by atoms with Crippen LogP contribution in [0, 0.1) is 6.92 Å². The summed E-state index contributed by atoms with van der Waals surface area (Å²) in [6.45, 7) is 4.14. The number of rotatable bonds is 3. The molecule has 0 spiro atoms. The summed E-state index contributed by atoms with van der Waals surface area (Å²) >= 11 is 1.29. The van der Waals surface area contributed by atoms with E-state index in [2.05, 4.69) is 4.99 Å². The number of hydrogen-bond donors (Lipinski definition) is 0. The minimum absolute atomic E-state index is 0.107. The van der Waals surface area contributed by atoms with Crippen LogP contribution >= 0.6 is 11.3 Å². The van der Waals surface area contributed by atoms with E-state index >= 15 is 0 Å². The van der Waals surface area contributed by atoms with Crippen LogP contribution in [0.25, 0.3) is 0 Å². The van der Waals surface area contributed by atoms with Gasteiger partial charge in [-0.15, -0.1) is 11.3 Å². The highest BCUT2D eigenvalue weighted by atomic mass is 32.2. The van der Waals surface area contributed by atoms with Crippen molar-refractivity contribution in [2.45, 2.75) is 43.0 Å². The average Bonchev–Trinajstić information content (AvgIpc) is 2.77. The first kappa shape index (κ1) is 14.4. The first-order valence-corrected chi connectivity index (χ1v) is 8.36. The Labute approximate surface area is 117 Å². The maximum Gasteiger partial charge on any atom is 0.252 e.